The molecular formula is C15H11N5O2S. The van der Waals surface area contributed by atoms with Crippen LogP contribution in [0.3, 0.4) is 0 Å². The van der Waals surface area contributed by atoms with Gasteiger partial charge < -0.3 is 22.3 Å². The van der Waals surface area contributed by atoms with Gasteiger partial charge in [0.15, 0.2) is 0 Å². The molecule has 114 valence electrons. The second kappa shape index (κ2) is 5.15. The van der Waals surface area contributed by atoms with E-state index in [9.17, 15) is 15.2 Å². The summed E-state index contributed by atoms with van der Waals surface area (Å²) in [7, 11) is 0. The van der Waals surface area contributed by atoms with Crippen LogP contribution in [-0.4, -0.2) is 16.0 Å². The largest absolute Gasteiger partial charge is 0.508 e. The lowest BCUT2D eigenvalue weighted by atomic mass is 9.97. The van der Waals surface area contributed by atoms with E-state index in [1.807, 2.05) is 6.07 Å². The summed E-state index contributed by atoms with van der Waals surface area (Å²) >= 11 is 1.02. The van der Waals surface area contributed by atoms with Gasteiger partial charge in [-0.15, -0.1) is 11.3 Å². The number of fused-ring (bicyclic) bond motifs is 1. The number of nitrogen functional groups attached to an aromatic ring is 2. The summed E-state index contributed by atoms with van der Waals surface area (Å²) in [5.74, 6) is -0.626. The molecule has 0 bridgehead atoms. The highest BCUT2D eigenvalue weighted by atomic mass is 32.1. The van der Waals surface area contributed by atoms with Crippen LogP contribution in [0.2, 0.25) is 0 Å². The predicted molar refractivity (Wildman–Crippen MR) is 88.8 cm³/mol. The molecular weight excluding hydrogens is 314 g/mol. The zero-order chi connectivity index (χ0) is 16.7. The van der Waals surface area contributed by atoms with Crippen molar-refractivity contribution in [2.75, 3.05) is 11.5 Å². The fourth-order valence-corrected chi connectivity index (χ4v) is 3.38. The molecule has 0 atom stereocenters. The molecule has 0 saturated carbocycles. The van der Waals surface area contributed by atoms with Crippen molar-refractivity contribution >= 4 is 39.0 Å². The average molecular weight is 325 g/mol. The second-order valence-corrected chi connectivity index (χ2v) is 5.80. The molecule has 0 aliphatic rings. The van der Waals surface area contributed by atoms with Crippen molar-refractivity contribution in [2.45, 2.75) is 0 Å². The van der Waals surface area contributed by atoms with Gasteiger partial charge in [-0.2, -0.15) is 5.26 Å². The standard InChI is InChI=1S/C15H11N5O2S/c16-5-8-9(6-2-1-3-7(21)4-6)10-11(17)12(14(19)22)23-15(10)20-13(8)18/h1-4,21H,17H2,(H2,18,20)(H2,19,22). The van der Waals surface area contributed by atoms with Crippen molar-refractivity contribution in [1.29, 1.82) is 5.26 Å². The van der Waals surface area contributed by atoms with Gasteiger partial charge in [0.25, 0.3) is 5.91 Å². The maximum absolute atomic E-state index is 11.5. The summed E-state index contributed by atoms with van der Waals surface area (Å²) in [6.45, 7) is 0. The Balaban J connectivity index is 2.51. The number of benzene rings is 1. The van der Waals surface area contributed by atoms with Crippen LogP contribution in [0.15, 0.2) is 24.3 Å². The van der Waals surface area contributed by atoms with Crippen LogP contribution < -0.4 is 17.2 Å². The molecule has 0 aliphatic heterocycles. The number of hydrogen-bond acceptors (Lipinski definition) is 7. The summed E-state index contributed by atoms with van der Waals surface area (Å²) in [6, 6.07) is 8.32. The monoisotopic (exact) mass is 325 g/mol. The van der Waals surface area contributed by atoms with Crippen LogP contribution in [0.1, 0.15) is 15.2 Å². The lowest BCUT2D eigenvalue weighted by molar-refractivity contribution is 0.100. The van der Waals surface area contributed by atoms with Gasteiger partial charge in [-0.25, -0.2) is 4.98 Å². The first-order valence-corrected chi connectivity index (χ1v) is 7.26. The fraction of sp³-hybridized carbons (Fsp3) is 0. The second-order valence-electron chi connectivity index (χ2n) is 4.80. The lowest BCUT2D eigenvalue weighted by Crippen LogP contribution is -2.10. The Bertz CT molecular complexity index is 1000. The Morgan fingerprint density at radius 3 is 2.70 bits per heavy atom. The minimum atomic E-state index is -0.676. The van der Waals surface area contributed by atoms with Crippen molar-refractivity contribution in [3.8, 4) is 22.9 Å². The summed E-state index contributed by atoms with van der Waals surface area (Å²) in [4.78, 5) is 16.2. The van der Waals surface area contributed by atoms with Crippen LogP contribution in [0.4, 0.5) is 11.5 Å². The average Bonchev–Trinajstić information content (AvgIpc) is 2.82. The number of aromatic hydroxyl groups is 1. The normalized spacial score (nSPS) is 10.6. The smallest absolute Gasteiger partial charge is 0.260 e. The van der Waals surface area contributed by atoms with Gasteiger partial charge in [0.05, 0.1) is 5.69 Å². The number of nitrogens with two attached hydrogens (primary N) is 3. The number of pyridine rings is 1. The predicted octanol–water partition coefficient (Wildman–Crippen LogP) is 1.80. The number of aromatic nitrogens is 1. The molecule has 0 fully saturated rings. The number of carbonyl (C=O) groups is 1. The highest BCUT2D eigenvalue weighted by Crippen LogP contribution is 2.42. The molecule has 0 unspecified atom stereocenters. The Morgan fingerprint density at radius 1 is 1.35 bits per heavy atom. The third kappa shape index (κ3) is 2.20. The van der Waals surface area contributed by atoms with Gasteiger partial charge in [-0.05, 0) is 17.7 Å². The van der Waals surface area contributed by atoms with Crippen molar-refractivity contribution in [2.24, 2.45) is 5.73 Å². The Kier molecular flexibility index (Phi) is 3.28. The first-order chi connectivity index (χ1) is 10.9. The Hall–Kier alpha value is -3.31. The third-order valence-electron chi connectivity index (χ3n) is 3.38. The van der Waals surface area contributed by atoms with Crippen LogP contribution in [-0.2, 0) is 0 Å². The Labute approximate surface area is 134 Å². The lowest BCUT2D eigenvalue weighted by Gasteiger charge is -2.09. The number of rotatable bonds is 2. The van der Waals surface area contributed by atoms with Crippen molar-refractivity contribution in [3.63, 3.8) is 0 Å². The first-order valence-electron chi connectivity index (χ1n) is 6.44. The van der Waals surface area contributed by atoms with Crippen LogP contribution >= 0.6 is 11.3 Å². The molecule has 0 saturated heterocycles. The number of nitrogens with zero attached hydrogens (tertiary/aromatic N) is 2. The quantitative estimate of drug-likeness (QED) is 0.563. The van der Waals surface area contributed by atoms with Gasteiger partial charge in [0.1, 0.15) is 32.9 Å². The summed E-state index contributed by atoms with van der Waals surface area (Å²) in [5, 5.41) is 19.6. The number of hydrogen-bond donors (Lipinski definition) is 4. The van der Waals surface area contributed by atoms with E-state index in [4.69, 9.17) is 17.2 Å². The minimum absolute atomic E-state index is 0.0237. The van der Waals surface area contributed by atoms with E-state index in [-0.39, 0.29) is 27.7 Å². The number of phenolic OH excluding ortho intramolecular Hbond substituents is 1. The molecule has 3 rings (SSSR count). The molecule has 8 heteroatoms. The van der Waals surface area contributed by atoms with Gasteiger partial charge in [0, 0.05) is 10.9 Å². The molecule has 0 spiro atoms. The molecule has 0 aliphatic carbocycles. The number of anilines is 2. The zero-order valence-electron chi connectivity index (χ0n) is 11.7. The highest BCUT2D eigenvalue weighted by molar-refractivity contribution is 7.21. The highest BCUT2D eigenvalue weighted by Gasteiger charge is 2.23. The maximum atomic E-state index is 11.5. The maximum Gasteiger partial charge on any atom is 0.260 e. The van der Waals surface area contributed by atoms with Crippen molar-refractivity contribution in [1.82, 2.24) is 4.98 Å². The third-order valence-corrected chi connectivity index (χ3v) is 4.49. The molecule has 23 heavy (non-hydrogen) atoms. The molecule has 2 aromatic heterocycles. The van der Waals surface area contributed by atoms with Crippen LogP contribution in [0.5, 0.6) is 5.75 Å². The van der Waals surface area contributed by atoms with Gasteiger partial charge in [-0.1, -0.05) is 12.1 Å². The van der Waals surface area contributed by atoms with Crippen LogP contribution in [0.25, 0.3) is 21.3 Å². The van der Waals surface area contributed by atoms with E-state index in [0.29, 0.717) is 21.3 Å². The van der Waals surface area contributed by atoms with Crippen molar-refractivity contribution in [3.05, 3.63) is 34.7 Å². The van der Waals surface area contributed by atoms with E-state index >= 15 is 0 Å². The first kappa shape index (κ1) is 14.6. The van der Waals surface area contributed by atoms with E-state index in [1.165, 1.54) is 12.1 Å². The molecule has 1 aromatic carbocycles. The number of amides is 1. The molecule has 7 nitrogen and oxygen atoms in total. The van der Waals surface area contributed by atoms with Crippen molar-refractivity contribution < 1.29 is 9.90 Å². The summed E-state index contributed by atoms with van der Waals surface area (Å²) in [5.41, 5.74) is 18.5. The number of nitriles is 1. The minimum Gasteiger partial charge on any atom is -0.508 e. The Morgan fingerprint density at radius 2 is 2.09 bits per heavy atom. The summed E-state index contributed by atoms with van der Waals surface area (Å²) in [6.07, 6.45) is 0. The number of phenols is 1. The fourth-order valence-electron chi connectivity index (χ4n) is 2.42. The molecule has 2 heterocycles. The van der Waals surface area contributed by atoms with Gasteiger partial charge in [0.2, 0.25) is 0 Å². The van der Waals surface area contributed by atoms with Crippen LogP contribution in [0, 0.1) is 11.3 Å². The molecule has 7 N–H and O–H groups in total. The van der Waals surface area contributed by atoms with Gasteiger partial charge in [-0.3, -0.25) is 4.79 Å². The summed E-state index contributed by atoms with van der Waals surface area (Å²) < 4.78 is 0. The molecule has 1 amide bonds. The SMILES string of the molecule is N#Cc1c(N)nc2sc(C(N)=O)c(N)c2c1-c1cccc(O)c1. The number of primary amides is 1. The molecule has 0 radical (unpaired) electrons. The number of thiophene rings is 1. The van der Waals surface area contributed by atoms with E-state index in [2.05, 4.69) is 4.98 Å². The van der Waals surface area contributed by atoms with E-state index in [1.54, 1.807) is 12.1 Å². The van der Waals surface area contributed by atoms with Gasteiger partial charge >= 0.3 is 0 Å². The number of carbonyl (C=O) groups excluding carboxylic acids is 1. The molecule has 3 aromatic rings. The van der Waals surface area contributed by atoms with E-state index in [0.717, 1.165) is 11.3 Å². The topological polar surface area (TPSA) is 152 Å². The zero-order valence-corrected chi connectivity index (χ0v) is 12.5. The van der Waals surface area contributed by atoms with E-state index < -0.39 is 5.91 Å².